The Balaban J connectivity index is 1.63. The Hall–Kier alpha value is -2.07. The van der Waals surface area contributed by atoms with Gasteiger partial charge in [-0.05, 0) is 6.08 Å². The number of carboxylic acids is 1. The van der Waals surface area contributed by atoms with Crippen LogP contribution in [0.25, 0.3) is 0 Å². The number of amides is 2. The van der Waals surface area contributed by atoms with Crippen molar-refractivity contribution in [2.75, 3.05) is 11.5 Å². The highest BCUT2D eigenvalue weighted by Crippen LogP contribution is 2.37. The molecule has 8 nitrogen and oxygen atoms in total. The molecule has 2 atom stereocenters. The SMILES string of the molecule is Nc1nc(CC(=O)NC2C(=O)N3C(C(=O)O)=CCS[C@@H]23)cs1. The molecule has 0 aromatic carbocycles. The quantitative estimate of drug-likeness (QED) is 0.639. The molecule has 1 fully saturated rings. The average Bonchev–Trinajstić information content (AvgIpc) is 2.88. The number of hydrogen-bond donors (Lipinski definition) is 3. The second kappa shape index (κ2) is 5.61. The van der Waals surface area contributed by atoms with Crippen LogP contribution in [-0.2, 0) is 20.8 Å². The maximum absolute atomic E-state index is 12.1. The van der Waals surface area contributed by atoms with Crippen LogP contribution >= 0.6 is 23.1 Å². The second-order valence-electron chi connectivity index (χ2n) is 4.73. The minimum absolute atomic E-state index is 0.0217. The van der Waals surface area contributed by atoms with Crippen molar-refractivity contribution in [3.05, 3.63) is 22.8 Å². The molecule has 1 unspecified atom stereocenters. The van der Waals surface area contributed by atoms with E-state index in [2.05, 4.69) is 10.3 Å². The standard InChI is InChI=1S/C12H12N4O4S2/c13-12-14-5(4-22-12)3-7(17)15-8-9(18)16-6(11(19)20)1-2-21-10(8)16/h1,4,8,10H,2-3H2,(H2,13,14)(H,15,17)(H,19,20)/t8?,10-/m0/s1. The van der Waals surface area contributed by atoms with E-state index in [9.17, 15) is 14.4 Å². The summed E-state index contributed by atoms with van der Waals surface area (Å²) in [7, 11) is 0. The van der Waals surface area contributed by atoms with Crippen LogP contribution in [0.5, 0.6) is 0 Å². The van der Waals surface area contributed by atoms with Crippen molar-refractivity contribution in [2.24, 2.45) is 0 Å². The van der Waals surface area contributed by atoms with Crippen LogP contribution in [0.2, 0.25) is 0 Å². The van der Waals surface area contributed by atoms with E-state index in [0.29, 0.717) is 16.6 Å². The van der Waals surface area contributed by atoms with Crippen LogP contribution in [0.4, 0.5) is 5.13 Å². The lowest BCUT2D eigenvalue weighted by Crippen LogP contribution is -2.70. The lowest BCUT2D eigenvalue weighted by molar-refractivity contribution is -0.150. The first-order valence-electron chi connectivity index (χ1n) is 6.34. The summed E-state index contributed by atoms with van der Waals surface area (Å²) >= 11 is 2.66. The monoisotopic (exact) mass is 340 g/mol. The number of fused-ring (bicyclic) bond motifs is 1. The molecular formula is C12H12N4O4S2. The first-order chi connectivity index (χ1) is 10.5. The van der Waals surface area contributed by atoms with Crippen LogP contribution in [-0.4, -0.2) is 49.9 Å². The first-order valence-corrected chi connectivity index (χ1v) is 8.27. The van der Waals surface area contributed by atoms with Crippen molar-refractivity contribution in [1.29, 1.82) is 0 Å². The number of nitrogen functional groups attached to an aromatic ring is 1. The number of aliphatic carboxylic acids is 1. The molecule has 2 amide bonds. The van der Waals surface area contributed by atoms with Gasteiger partial charge < -0.3 is 16.2 Å². The molecule has 10 heteroatoms. The van der Waals surface area contributed by atoms with Crippen LogP contribution < -0.4 is 11.1 Å². The molecule has 0 bridgehead atoms. The predicted octanol–water partition coefficient (Wildman–Crippen LogP) is -0.364. The number of carbonyl (C=O) groups excluding carboxylic acids is 2. The predicted molar refractivity (Wildman–Crippen MR) is 81.0 cm³/mol. The smallest absolute Gasteiger partial charge is 0.352 e. The molecule has 3 rings (SSSR count). The second-order valence-corrected chi connectivity index (χ2v) is 6.77. The van der Waals surface area contributed by atoms with Crippen LogP contribution in [0, 0.1) is 0 Å². The third-order valence-corrected chi connectivity index (χ3v) is 5.20. The zero-order chi connectivity index (χ0) is 15.9. The fraction of sp³-hybridized carbons (Fsp3) is 0.333. The van der Waals surface area contributed by atoms with Gasteiger partial charge in [0.1, 0.15) is 17.1 Å². The Bertz CT molecular complexity index is 686. The summed E-state index contributed by atoms with van der Waals surface area (Å²) in [6, 6.07) is -0.698. The molecule has 1 saturated heterocycles. The topological polar surface area (TPSA) is 126 Å². The summed E-state index contributed by atoms with van der Waals surface area (Å²) in [5, 5.41) is 13.4. The molecule has 1 aromatic rings. The third-order valence-electron chi connectivity index (χ3n) is 3.29. The Morgan fingerprint density at radius 2 is 2.32 bits per heavy atom. The Labute approximate surface area is 133 Å². The van der Waals surface area contributed by atoms with E-state index in [1.807, 2.05) is 0 Å². The summed E-state index contributed by atoms with van der Waals surface area (Å²) in [4.78, 5) is 40.3. The summed E-state index contributed by atoms with van der Waals surface area (Å²) in [5.41, 5.74) is 6.02. The lowest BCUT2D eigenvalue weighted by Gasteiger charge is -2.48. The van der Waals surface area contributed by atoms with Crippen LogP contribution in [0.1, 0.15) is 5.69 Å². The molecule has 2 aliphatic heterocycles. The number of aromatic nitrogens is 1. The number of anilines is 1. The van der Waals surface area contributed by atoms with Gasteiger partial charge in [0.05, 0.1) is 12.1 Å². The summed E-state index contributed by atoms with van der Waals surface area (Å²) in [6.45, 7) is 0. The Morgan fingerprint density at radius 1 is 1.55 bits per heavy atom. The van der Waals surface area contributed by atoms with E-state index in [-0.39, 0.29) is 23.4 Å². The largest absolute Gasteiger partial charge is 0.477 e. The molecule has 0 spiro atoms. The Morgan fingerprint density at radius 3 is 2.95 bits per heavy atom. The van der Waals surface area contributed by atoms with Gasteiger partial charge in [-0.1, -0.05) is 0 Å². The number of thioether (sulfide) groups is 1. The van der Waals surface area contributed by atoms with Gasteiger partial charge in [0.2, 0.25) is 5.91 Å². The van der Waals surface area contributed by atoms with Gasteiger partial charge in [0.15, 0.2) is 5.13 Å². The van der Waals surface area contributed by atoms with Crippen molar-refractivity contribution in [2.45, 2.75) is 17.8 Å². The van der Waals surface area contributed by atoms with Crippen molar-refractivity contribution in [3.63, 3.8) is 0 Å². The van der Waals surface area contributed by atoms with Gasteiger partial charge >= 0.3 is 5.97 Å². The molecule has 2 aliphatic rings. The number of nitrogens with two attached hydrogens (primary N) is 1. The summed E-state index contributed by atoms with van der Waals surface area (Å²) in [5.74, 6) is -1.39. The van der Waals surface area contributed by atoms with Gasteiger partial charge in [0.25, 0.3) is 5.91 Å². The number of thiazole rings is 1. The minimum atomic E-state index is -1.14. The minimum Gasteiger partial charge on any atom is -0.477 e. The maximum atomic E-state index is 12.1. The lowest BCUT2D eigenvalue weighted by atomic mass is 10.0. The summed E-state index contributed by atoms with van der Waals surface area (Å²) < 4.78 is 0. The van der Waals surface area contributed by atoms with Gasteiger partial charge in [-0.25, -0.2) is 9.78 Å². The first kappa shape index (κ1) is 14.9. The number of carbonyl (C=O) groups is 3. The zero-order valence-corrected chi connectivity index (χ0v) is 12.8. The molecule has 1 aromatic heterocycles. The number of nitrogens with zero attached hydrogens (tertiary/aromatic N) is 2. The maximum Gasteiger partial charge on any atom is 0.352 e. The summed E-state index contributed by atoms with van der Waals surface area (Å²) in [6.07, 6.45) is 1.54. The normalized spacial score (nSPS) is 23.4. The average molecular weight is 340 g/mol. The third kappa shape index (κ3) is 2.55. The van der Waals surface area contributed by atoms with Crippen molar-refractivity contribution >= 4 is 46.0 Å². The van der Waals surface area contributed by atoms with Gasteiger partial charge in [0, 0.05) is 11.1 Å². The van der Waals surface area contributed by atoms with Crippen LogP contribution in [0.3, 0.4) is 0 Å². The molecule has 116 valence electrons. The van der Waals surface area contributed by atoms with Crippen molar-refractivity contribution in [3.8, 4) is 0 Å². The highest BCUT2D eigenvalue weighted by molar-refractivity contribution is 8.00. The highest BCUT2D eigenvalue weighted by Gasteiger charge is 2.52. The van der Waals surface area contributed by atoms with E-state index >= 15 is 0 Å². The van der Waals surface area contributed by atoms with E-state index in [4.69, 9.17) is 10.8 Å². The van der Waals surface area contributed by atoms with Crippen LogP contribution in [0.15, 0.2) is 17.2 Å². The van der Waals surface area contributed by atoms with Crippen molar-refractivity contribution < 1.29 is 19.5 Å². The molecule has 4 N–H and O–H groups in total. The molecule has 0 saturated carbocycles. The van der Waals surface area contributed by atoms with Gasteiger partial charge in [-0.15, -0.1) is 23.1 Å². The van der Waals surface area contributed by atoms with E-state index in [1.54, 1.807) is 5.38 Å². The highest BCUT2D eigenvalue weighted by atomic mass is 32.2. The zero-order valence-electron chi connectivity index (χ0n) is 11.2. The molecule has 0 aliphatic carbocycles. The molecular weight excluding hydrogens is 328 g/mol. The van der Waals surface area contributed by atoms with E-state index < -0.39 is 17.9 Å². The van der Waals surface area contributed by atoms with E-state index in [1.165, 1.54) is 34.1 Å². The van der Waals surface area contributed by atoms with Gasteiger partial charge in [-0.3, -0.25) is 14.5 Å². The number of rotatable bonds is 4. The number of hydrogen-bond acceptors (Lipinski definition) is 7. The molecule has 22 heavy (non-hydrogen) atoms. The molecule has 0 radical (unpaired) electrons. The number of β-lactam (4-membered cyclic amide) rings is 1. The number of carboxylic acid groups (broad SMARTS) is 1. The molecule has 3 heterocycles. The number of nitrogens with one attached hydrogen (secondary N) is 1. The fourth-order valence-electron chi connectivity index (χ4n) is 2.33. The van der Waals surface area contributed by atoms with E-state index in [0.717, 1.165) is 0 Å². The van der Waals surface area contributed by atoms with Gasteiger partial charge in [-0.2, -0.15) is 0 Å². The fourth-order valence-corrected chi connectivity index (χ4v) is 4.09. The Kier molecular flexibility index (Phi) is 3.79. The van der Waals surface area contributed by atoms with Crippen molar-refractivity contribution in [1.82, 2.24) is 15.2 Å².